The molecule has 4 unspecified atom stereocenters. The molecule has 68 heavy (non-hydrogen) atoms. The highest BCUT2D eigenvalue weighted by Crippen LogP contribution is 2.48. The Morgan fingerprint density at radius 1 is 0.426 bits per heavy atom. The van der Waals surface area contributed by atoms with Crippen LogP contribution in [0.1, 0.15) is 40.6 Å². The Morgan fingerprint density at radius 3 is 1.91 bits per heavy atom. The number of benzene rings is 9. The maximum absolute atomic E-state index is 4.04. The van der Waals surface area contributed by atoms with Gasteiger partial charge in [0.1, 0.15) is 12.3 Å². The zero-order chi connectivity index (χ0) is 44.7. The van der Waals surface area contributed by atoms with Crippen LogP contribution >= 0.6 is 0 Å². The minimum absolute atomic E-state index is 0.0291. The number of nitrogens with zero attached hydrogens (tertiary/aromatic N) is 3. The van der Waals surface area contributed by atoms with Crippen molar-refractivity contribution in [2.24, 2.45) is 5.92 Å². The summed E-state index contributed by atoms with van der Waals surface area (Å²) < 4.78 is 5.05. The van der Waals surface area contributed by atoms with E-state index in [0.29, 0.717) is 11.8 Å². The van der Waals surface area contributed by atoms with Crippen LogP contribution in [0.3, 0.4) is 0 Å². The van der Waals surface area contributed by atoms with Crippen LogP contribution in [0.4, 0.5) is 5.69 Å². The van der Waals surface area contributed by atoms with Crippen LogP contribution in [0.25, 0.3) is 83.2 Å². The Labute approximate surface area is 395 Å². The fraction of sp³-hybridized carbons (Fsp3) is 0.0625. The van der Waals surface area contributed by atoms with Crippen molar-refractivity contribution >= 4 is 55.2 Å². The van der Waals surface area contributed by atoms with Crippen molar-refractivity contribution in [1.82, 2.24) is 14.5 Å². The van der Waals surface area contributed by atoms with Crippen molar-refractivity contribution in [2.45, 2.75) is 18.2 Å². The molecule has 0 amide bonds. The molecular formula is C64H46N4. The van der Waals surface area contributed by atoms with Crippen molar-refractivity contribution in [1.29, 1.82) is 0 Å². The molecule has 4 nitrogen and oxygen atoms in total. The molecule has 4 heteroatoms. The van der Waals surface area contributed by atoms with Crippen molar-refractivity contribution in [3.05, 3.63) is 265 Å². The number of hydrogen-bond acceptors (Lipinski definition) is 2. The molecule has 11 aromatic rings. The molecule has 2 aliphatic carbocycles. The van der Waals surface area contributed by atoms with Gasteiger partial charge in [-0.25, -0.2) is 0 Å². The number of para-hydroxylation sites is 2. The fourth-order valence-corrected chi connectivity index (χ4v) is 11.6. The van der Waals surface area contributed by atoms with Gasteiger partial charge in [-0.3, -0.25) is 5.32 Å². The average molecular weight is 871 g/mol. The molecule has 0 spiro atoms. The highest BCUT2D eigenvalue weighted by molar-refractivity contribution is 6.16. The average Bonchev–Trinajstić information content (AvgIpc) is 3.91. The van der Waals surface area contributed by atoms with Gasteiger partial charge in [0.2, 0.25) is 0 Å². The summed E-state index contributed by atoms with van der Waals surface area (Å²) in [6, 6.07) is 78.0. The van der Waals surface area contributed by atoms with Crippen molar-refractivity contribution in [3.8, 4) is 33.6 Å². The molecule has 1 N–H and O–H groups in total. The van der Waals surface area contributed by atoms with Gasteiger partial charge in [-0.2, -0.15) is 0 Å². The first-order valence-corrected chi connectivity index (χ1v) is 23.8. The number of anilines is 1. The van der Waals surface area contributed by atoms with Crippen LogP contribution in [0.2, 0.25) is 0 Å². The standard InChI is InChI=1S/C64H46N4/c1-3-16-42(17-4-1)43-30-35-50(36-31-43)67-63(65-64(67)54-25-12-11-23-51(54)44-18-5-2-6-19-44)46-32-37-49(38-33-46)66-60-41-48-22-8-7-21-47(48)40-56(60)53-27-15-29-59(62(53)66)68-57-28-14-13-26-55(57)61-52-24-10-9-20-45(52)34-39-58(61)68/h1-41,45,52,63-65H. The summed E-state index contributed by atoms with van der Waals surface area (Å²) in [6.45, 7) is 0. The molecule has 0 radical (unpaired) electrons. The molecule has 14 rings (SSSR count). The van der Waals surface area contributed by atoms with Crippen molar-refractivity contribution in [2.75, 3.05) is 4.90 Å². The van der Waals surface area contributed by atoms with Crippen LogP contribution in [-0.2, 0) is 0 Å². The summed E-state index contributed by atoms with van der Waals surface area (Å²) in [5.74, 6) is 0.644. The summed E-state index contributed by atoms with van der Waals surface area (Å²) >= 11 is 0. The third-order valence-electron chi connectivity index (χ3n) is 14.8. The van der Waals surface area contributed by atoms with Crippen LogP contribution < -0.4 is 10.2 Å². The van der Waals surface area contributed by atoms with E-state index in [1.165, 1.54) is 99.5 Å². The van der Waals surface area contributed by atoms with Crippen LogP contribution in [0, 0.1) is 5.92 Å². The molecule has 3 heterocycles. The second kappa shape index (κ2) is 15.6. The molecule has 1 aliphatic heterocycles. The number of rotatable bonds is 7. The van der Waals surface area contributed by atoms with E-state index in [1.54, 1.807) is 0 Å². The van der Waals surface area contributed by atoms with E-state index in [4.69, 9.17) is 0 Å². The molecule has 0 saturated carbocycles. The third kappa shape index (κ3) is 6.04. The number of aromatic nitrogens is 2. The van der Waals surface area contributed by atoms with Crippen LogP contribution in [-0.4, -0.2) is 9.13 Å². The molecule has 1 saturated heterocycles. The predicted octanol–water partition coefficient (Wildman–Crippen LogP) is 15.9. The van der Waals surface area contributed by atoms with Gasteiger partial charge >= 0.3 is 0 Å². The normalized spacial score (nSPS) is 18.3. The Hall–Kier alpha value is -8.44. The Morgan fingerprint density at radius 2 is 1.09 bits per heavy atom. The third-order valence-corrected chi connectivity index (χ3v) is 14.8. The maximum atomic E-state index is 4.04. The van der Waals surface area contributed by atoms with Gasteiger partial charge in [0.05, 0.1) is 27.9 Å². The van der Waals surface area contributed by atoms with E-state index >= 15 is 0 Å². The lowest BCUT2D eigenvalue weighted by Gasteiger charge is -2.52. The first-order valence-electron chi connectivity index (χ1n) is 23.8. The molecule has 0 bridgehead atoms. The van der Waals surface area contributed by atoms with E-state index in [0.717, 1.165) is 5.69 Å². The number of fused-ring (bicyclic) bond motifs is 9. The second-order valence-electron chi connectivity index (χ2n) is 18.4. The molecule has 9 aromatic carbocycles. The van der Waals surface area contributed by atoms with Gasteiger partial charge in [0.15, 0.2) is 0 Å². The smallest absolute Gasteiger partial charge is 0.110 e. The Balaban J connectivity index is 0.925. The first kappa shape index (κ1) is 38.8. The fourth-order valence-electron chi connectivity index (χ4n) is 11.6. The van der Waals surface area contributed by atoms with Crippen molar-refractivity contribution < 1.29 is 0 Å². The van der Waals surface area contributed by atoms with Gasteiger partial charge in [-0.15, -0.1) is 0 Å². The number of allylic oxidation sites excluding steroid dienone is 5. The van der Waals surface area contributed by atoms with Gasteiger partial charge in [0.25, 0.3) is 0 Å². The quantitative estimate of drug-likeness (QED) is 0.173. The predicted molar refractivity (Wildman–Crippen MR) is 284 cm³/mol. The van der Waals surface area contributed by atoms with E-state index in [-0.39, 0.29) is 12.3 Å². The molecule has 322 valence electrons. The second-order valence-corrected chi connectivity index (χ2v) is 18.4. The van der Waals surface area contributed by atoms with Gasteiger partial charge in [-0.05, 0) is 104 Å². The summed E-state index contributed by atoms with van der Waals surface area (Å²) in [5.41, 5.74) is 17.1. The summed E-state index contributed by atoms with van der Waals surface area (Å²) in [5, 5.41) is 10.3. The molecular weight excluding hydrogens is 825 g/mol. The van der Waals surface area contributed by atoms with E-state index in [9.17, 15) is 0 Å². The van der Waals surface area contributed by atoms with Gasteiger partial charge in [-0.1, -0.05) is 194 Å². The molecule has 1 fully saturated rings. The van der Waals surface area contributed by atoms with Gasteiger partial charge < -0.3 is 14.0 Å². The largest absolute Gasteiger partial charge is 0.332 e. The summed E-state index contributed by atoms with van der Waals surface area (Å²) in [4.78, 5) is 2.55. The summed E-state index contributed by atoms with van der Waals surface area (Å²) in [7, 11) is 0. The SMILES string of the molecule is C1=CC2C=Cc3c(c4ccccc4n3-c3cccc4c5cc6ccccc6cc5n(-c5ccc(C6NC(c7ccccc7-c7ccccc7)N6c6ccc(-c7ccccc7)cc6)cc5)c34)C2C=C1. The lowest BCUT2D eigenvalue weighted by molar-refractivity contribution is 0.277. The highest BCUT2D eigenvalue weighted by Gasteiger charge is 2.41. The number of hydrogen-bond donors (Lipinski definition) is 1. The highest BCUT2D eigenvalue weighted by atomic mass is 15.5. The monoisotopic (exact) mass is 870 g/mol. The van der Waals surface area contributed by atoms with Crippen molar-refractivity contribution in [3.63, 3.8) is 0 Å². The minimum atomic E-state index is -0.0461. The number of nitrogens with one attached hydrogen (secondary N) is 1. The zero-order valence-electron chi connectivity index (χ0n) is 37.3. The summed E-state index contributed by atoms with van der Waals surface area (Å²) in [6.07, 6.45) is 13.8. The molecule has 2 aromatic heterocycles. The van der Waals surface area contributed by atoms with Crippen LogP contribution in [0.15, 0.2) is 243 Å². The lowest BCUT2D eigenvalue weighted by Crippen LogP contribution is -2.57. The van der Waals surface area contributed by atoms with E-state index < -0.39 is 0 Å². The van der Waals surface area contributed by atoms with E-state index in [2.05, 4.69) is 268 Å². The van der Waals surface area contributed by atoms with Gasteiger partial charge in [0, 0.05) is 39.4 Å². The van der Waals surface area contributed by atoms with E-state index in [1.807, 2.05) is 0 Å². The minimum Gasteiger partial charge on any atom is -0.332 e. The zero-order valence-corrected chi connectivity index (χ0v) is 37.3. The first-order chi connectivity index (χ1) is 33.7. The van der Waals surface area contributed by atoms with Crippen LogP contribution in [0.5, 0.6) is 0 Å². The Kier molecular flexibility index (Phi) is 8.89. The lowest BCUT2D eigenvalue weighted by atomic mass is 9.78. The molecule has 4 atom stereocenters. The topological polar surface area (TPSA) is 25.1 Å². The maximum Gasteiger partial charge on any atom is 0.110 e. The Bertz CT molecular complexity index is 3830. The molecule has 3 aliphatic rings.